The number of likely N-dealkylation sites (N-methyl/N-ethyl adjacent to an activating group) is 1. The summed E-state index contributed by atoms with van der Waals surface area (Å²) in [5, 5.41) is 3.62. The number of anilines is 1. The maximum atomic E-state index is 7.29. The highest BCUT2D eigenvalue weighted by molar-refractivity contribution is 5.58. The van der Waals surface area contributed by atoms with Crippen LogP contribution in [0.25, 0.3) is 0 Å². The SMILES string of the molecule is CCCc1cc(N(C)C(C)COc2ccc(C)cc2)ccc1N=N. The third kappa shape index (κ3) is 4.57. The molecule has 128 valence electrons. The second-order valence-corrected chi connectivity index (χ2v) is 6.26. The van der Waals surface area contributed by atoms with E-state index in [1.807, 2.05) is 24.3 Å². The van der Waals surface area contributed by atoms with Gasteiger partial charge in [-0.05, 0) is 56.2 Å². The molecular formula is C20H27N3O. The predicted octanol–water partition coefficient (Wildman–Crippen LogP) is 5.51. The second kappa shape index (κ2) is 8.48. The third-order valence-corrected chi connectivity index (χ3v) is 4.28. The minimum absolute atomic E-state index is 0.236. The molecule has 0 aliphatic rings. The van der Waals surface area contributed by atoms with Crippen molar-refractivity contribution in [1.29, 1.82) is 5.53 Å². The highest BCUT2D eigenvalue weighted by atomic mass is 16.5. The van der Waals surface area contributed by atoms with Crippen LogP contribution in [0.2, 0.25) is 0 Å². The Kier molecular flexibility index (Phi) is 6.36. The van der Waals surface area contributed by atoms with Crippen molar-refractivity contribution >= 4 is 11.4 Å². The molecule has 0 aromatic heterocycles. The summed E-state index contributed by atoms with van der Waals surface area (Å²) in [5.41, 5.74) is 11.5. The van der Waals surface area contributed by atoms with Crippen LogP contribution in [-0.2, 0) is 6.42 Å². The van der Waals surface area contributed by atoms with Crippen LogP contribution in [0.1, 0.15) is 31.4 Å². The first-order valence-electron chi connectivity index (χ1n) is 8.47. The zero-order chi connectivity index (χ0) is 17.5. The van der Waals surface area contributed by atoms with Crippen LogP contribution in [0.5, 0.6) is 5.75 Å². The number of nitrogens with one attached hydrogen (secondary N) is 1. The Labute approximate surface area is 145 Å². The van der Waals surface area contributed by atoms with Crippen LogP contribution >= 0.6 is 0 Å². The molecule has 24 heavy (non-hydrogen) atoms. The van der Waals surface area contributed by atoms with E-state index in [4.69, 9.17) is 10.3 Å². The average Bonchev–Trinajstić information content (AvgIpc) is 2.60. The van der Waals surface area contributed by atoms with Crippen molar-refractivity contribution in [3.8, 4) is 5.75 Å². The molecule has 1 atom stereocenters. The smallest absolute Gasteiger partial charge is 0.119 e. The molecule has 0 amide bonds. The second-order valence-electron chi connectivity index (χ2n) is 6.26. The van der Waals surface area contributed by atoms with E-state index in [1.54, 1.807) is 0 Å². The van der Waals surface area contributed by atoms with Crippen LogP contribution in [0, 0.1) is 12.5 Å². The summed E-state index contributed by atoms with van der Waals surface area (Å²) in [6, 6.07) is 14.5. The van der Waals surface area contributed by atoms with Gasteiger partial charge in [0.25, 0.3) is 0 Å². The van der Waals surface area contributed by atoms with Gasteiger partial charge in [-0.3, -0.25) is 0 Å². The van der Waals surface area contributed by atoms with Crippen molar-refractivity contribution < 1.29 is 4.74 Å². The number of nitrogens with zero attached hydrogens (tertiary/aromatic N) is 2. The minimum atomic E-state index is 0.236. The number of aryl methyl sites for hydroxylation is 2. The van der Waals surface area contributed by atoms with E-state index in [1.165, 1.54) is 5.56 Å². The fraction of sp³-hybridized carbons (Fsp3) is 0.400. The van der Waals surface area contributed by atoms with Gasteiger partial charge in [-0.2, -0.15) is 5.11 Å². The molecule has 4 heteroatoms. The van der Waals surface area contributed by atoms with Gasteiger partial charge in [0, 0.05) is 12.7 Å². The quantitative estimate of drug-likeness (QED) is 0.650. The first kappa shape index (κ1) is 18.0. The normalized spacial score (nSPS) is 11.8. The number of rotatable bonds is 8. The van der Waals surface area contributed by atoms with E-state index >= 15 is 0 Å². The third-order valence-electron chi connectivity index (χ3n) is 4.28. The summed E-state index contributed by atoms with van der Waals surface area (Å²) in [6.07, 6.45) is 1.98. The van der Waals surface area contributed by atoms with Gasteiger partial charge in [0.05, 0.1) is 11.7 Å². The summed E-state index contributed by atoms with van der Waals surface area (Å²) in [5.74, 6) is 0.899. The Balaban J connectivity index is 2.03. The number of ether oxygens (including phenoxy) is 1. The molecule has 2 aromatic rings. The van der Waals surface area contributed by atoms with Crippen LogP contribution in [-0.4, -0.2) is 19.7 Å². The lowest BCUT2D eigenvalue weighted by Gasteiger charge is -2.27. The minimum Gasteiger partial charge on any atom is -0.491 e. The Morgan fingerprint density at radius 3 is 2.50 bits per heavy atom. The maximum absolute atomic E-state index is 7.29. The number of hydrogen-bond donors (Lipinski definition) is 1. The van der Waals surface area contributed by atoms with Crippen molar-refractivity contribution in [3.63, 3.8) is 0 Å². The monoisotopic (exact) mass is 325 g/mol. The van der Waals surface area contributed by atoms with Gasteiger partial charge in [0.15, 0.2) is 0 Å². The molecule has 0 bridgehead atoms. The molecule has 0 saturated carbocycles. The first-order valence-corrected chi connectivity index (χ1v) is 8.47. The molecule has 0 fully saturated rings. The predicted molar refractivity (Wildman–Crippen MR) is 99.8 cm³/mol. The molecular weight excluding hydrogens is 298 g/mol. The highest BCUT2D eigenvalue weighted by Crippen LogP contribution is 2.27. The molecule has 0 heterocycles. The van der Waals surface area contributed by atoms with Gasteiger partial charge < -0.3 is 9.64 Å². The van der Waals surface area contributed by atoms with E-state index in [-0.39, 0.29) is 6.04 Å². The van der Waals surface area contributed by atoms with Gasteiger partial charge >= 0.3 is 0 Å². The lowest BCUT2D eigenvalue weighted by atomic mass is 10.1. The molecule has 0 aliphatic heterocycles. The average molecular weight is 325 g/mol. The zero-order valence-corrected chi connectivity index (χ0v) is 15.0. The first-order chi connectivity index (χ1) is 11.5. The summed E-state index contributed by atoms with van der Waals surface area (Å²) >= 11 is 0. The van der Waals surface area contributed by atoms with E-state index in [0.29, 0.717) is 6.61 Å². The number of benzene rings is 2. The largest absolute Gasteiger partial charge is 0.491 e. The van der Waals surface area contributed by atoms with Gasteiger partial charge in [-0.25, -0.2) is 5.53 Å². The summed E-state index contributed by atoms with van der Waals surface area (Å²) < 4.78 is 5.90. The Bertz CT molecular complexity index is 667. The molecule has 2 rings (SSSR count). The molecule has 0 spiro atoms. The van der Waals surface area contributed by atoms with E-state index in [2.05, 4.69) is 56.0 Å². The Morgan fingerprint density at radius 2 is 1.88 bits per heavy atom. The zero-order valence-electron chi connectivity index (χ0n) is 15.0. The topological polar surface area (TPSA) is 48.7 Å². The van der Waals surface area contributed by atoms with E-state index in [0.717, 1.165) is 35.5 Å². The van der Waals surface area contributed by atoms with Crippen molar-refractivity contribution in [2.24, 2.45) is 5.11 Å². The van der Waals surface area contributed by atoms with Gasteiger partial charge in [-0.1, -0.05) is 31.0 Å². The molecule has 1 N–H and O–H groups in total. The fourth-order valence-electron chi connectivity index (χ4n) is 2.59. The lowest BCUT2D eigenvalue weighted by Crippen LogP contribution is -2.34. The molecule has 0 saturated heterocycles. The van der Waals surface area contributed by atoms with Crippen LogP contribution in [0.15, 0.2) is 47.6 Å². The summed E-state index contributed by atoms with van der Waals surface area (Å²) in [7, 11) is 2.08. The fourth-order valence-corrected chi connectivity index (χ4v) is 2.59. The molecule has 0 aliphatic carbocycles. The van der Waals surface area contributed by atoms with Gasteiger partial charge in [0.2, 0.25) is 0 Å². The molecule has 2 aromatic carbocycles. The van der Waals surface area contributed by atoms with Crippen molar-refractivity contribution in [2.45, 2.75) is 39.7 Å². The van der Waals surface area contributed by atoms with Crippen LogP contribution in [0.3, 0.4) is 0 Å². The molecule has 4 nitrogen and oxygen atoms in total. The summed E-state index contributed by atoms with van der Waals surface area (Å²) in [6.45, 7) is 6.98. The summed E-state index contributed by atoms with van der Waals surface area (Å²) in [4.78, 5) is 2.21. The van der Waals surface area contributed by atoms with Gasteiger partial charge in [0.1, 0.15) is 12.4 Å². The van der Waals surface area contributed by atoms with Crippen molar-refractivity contribution in [1.82, 2.24) is 0 Å². The highest BCUT2D eigenvalue weighted by Gasteiger charge is 2.13. The molecule has 1 unspecified atom stereocenters. The standard InChI is InChI=1S/C20H27N3O/c1-5-6-17-13-18(9-12-20(17)22-21)23(4)16(3)14-24-19-10-7-15(2)8-11-19/h7-13,16,21H,5-6,14H2,1-4H3. The van der Waals surface area contributed by atoms with E-state index < -0.39 is 0 Å². The van der Waals surface area contributed by atoms with Gasteiger partial charge in [-0.15, -0.1) is 0 Å². The van der Waals surface area contributed by atoms with Crippen molar-refractivity contribution in [2.75, 3.05) is 18.6 Å². The lowest BCUT2D eigenvalue weighted by molar-refractivity contribution is 0.292. The van der Waals surface area contributed by atoms with Crippen LogP contribution < -0.4 is 9.64 Å². The maximum Gasteiger partial charge on any atom is 0.119 e. The van der Waals surface area contributed by atoms with Crippen molar-refractivity contribution in [3.05, 3.63) is 53.6 Å². The van der Waals surface area contributed by atoms with Crippen LogP contribution in [0.4, 0.5) is 11.4 Å². The Hall–Kier alpha value is -2.36. The Morgan fingerprint density at radius 1 is 1.17 bits per heavy atom. The van der Waals surface area contributed by atoms with E-state index in [9.17, 15) is 0 Å². The molecule has 0 radical (unpaired) electrons. The number of hydrogen-bond acceptors (Lipinski definition) is 4.